The van der Waals surface area contributed by atoms with E-state index in [1.165, 1.54) is 15.9 Å². The number of ether oxygens (including phenoxy) is 1. The lowest BCUT2D eigenvalue weighted by Crippen LogP contribution is -2.41. The topological polar surface area (TPSA) is 75.7 Å². The number of carbonyl (C=O) groups is 1. The summed E-state index contributed by atoms with van der Waals surface area (Å²) in [6.07, 6.45) is 2.62. The standard InChI is InChI=1S/C22H26N2O4S/c1-16(21-10-5-13-28-21)23-22(25)18-8-4-9-20(14-18)29(26,27)24-12-11-17-6-2-3-7-19(17)15-24/h2-4,6-9,14,16,21H,5,10-13,15H2,1H3,(H,23,25). The summed E-state index contributed by atoms with van der Waals surface area (Å²) in [5, 5.41) is 2.94. The van der Waals surface area contributed by atoms with Crippen LogP contribution in [0.4, 0.5) is 0 Å². The number of carbonyl (C=O) groups excluding carboxylic acids is 1. The maximum Gasteiger partial charge on any atom is 0.251 e. The molecule has 154 valence electrons. The van der Waals surface area contributed by atoms with Crippen LogP contribution in [0.15, 0.2) is 53.4 Å². The van der Waals surface area contributed by atoms with Gasteiger partial charge in [-0.25, -0.2) is 8.42 Å². The second-order valence-corrected chi connectivity index (χ2v) is 9.64. The summed E-state index contributed by atoms with van der Waals surface area (Å²) in [4.78, 5) is 12.8. The van der Waals surface area contributed by atoms with Crippen LogP contribution in [0.5, 0.6) is 0 Å². The summed E-state index contributed by atoms with van der Waals surface area (Å²) in [5.74, 6) is -0.283. The van der Waals surface area contributed by atoms with Crippen molar-refractivity contribution in [2.45, 2.75) is 49.8 Å². The molecule has 6 nitrogen and oxygen atoms in total. The van der Waals surface area contributed by atoms with Crippen LogP contribution in [-0.2, 0) is 27.7 Å². The average molecular weight is 415 g/mol. The quantitative estimate of drug-likeness (QED) is 0.816. The Balaban J connectivity index is 1.51. The van der Waals surface area contributed by atoms with Gasteiger partial charge < -0.3 is 10.1 Å². The van der Waals surface area contributed by atoms with Gasteiger partial charge in [-0.15, -0.1) is 0 Å². The predicted molar refractivity (Wildman–Crippen MR) is 110 cm³/mol. The van der Waals surface area contributed by atoms with Gasteiger partial charge in [0.2, 0.25) is 10.0 Å². The third-order valence-electron chi connectivity index (χ3n) is 5.71. The van der Waals surface area contributed by atoms with E-state index in [9.17, 15) is 13.2 Å². The predicted octanol–water partition coefficient (Wildman–Crippen LogP) is 2.73. The molecule has 4 rings (SSSR count). The van der Waals surface area contributed by atoms with E-state index in [2.05, 4.69) is 5.32 Å². The van der Waals surface area contributed by atoms with Gasteiger partial charge in [-0.2, -0.15) is 4.31 Å². The third-order valence-corrected chi connectivity index (χ3v) is 7.55. The van der Waals surface area contributed by atoms with Crippen molar-refractivity contribution < 1.29 is 17.9 Å². The molecule has 0 bridgehead atoms. The van der Waals surface area contributed by atoms with Crippen LogP contribution in [0, 0.1) is 0 Å². The van der Waals surface area contributed by atoms with Crippen LogP contribution in [0.25, 0.3) is 0 Å². The van der Waals surface area contributed by atoms with Crippen LogP contribution in [0.1, 0.15) is 41.3 Å². The Labute approximate surface area is 171 Å². The van der Waals surface area contributed by atoms with Crippen LogP contribution in [0.2, 0.25) is 0 Å². The molecule has 2 heterocycles. The highest BCUT2D eigenvalue weighted by atomic mass is 32.2. The molecule has 2 unspecified atom stereocenters. The first-order valence-electron chi connectivity index (χ1n) is 10.0. The SMILES string of the molecule is CC(NC(=O)c1cccc(S(=O)(=O)N2CCc3ccccc3C2)c1)C1CCCO1. The Kier molecular flexibility index (Phi) is 5.72. The van der Waals surface area contributed by atoms with Crippen LogP contribution in [0.3, 0.4) is 0 Å². The number of fused-ring (bicyclic) bond motifs is 1. The van der Waals surface area contributed by atoms with Crippen molar-refractivity contribution in [3.8, 4) is 0 Å². The smallest absolute Gasteiger partial charge is 0.251 e. The fourth-order valence-corrected chi connectivity index (χ4v) is 5.47. The number of nitrogens with zero attached hydrogens (tertiary/aromatic N) is 1. The number of sulfonamides is 1. The molecule has 0 radical (unpaired) electrons. The van der Waals surface area contributed by atoms with Gasteiger partial charge in [0.15, 0.2) is 0 Å². The van der Waals surface area contributed by atoms with Gasteiger partial charge >= 0.3 is 0 Å². The van der Waals surface area contributed by atoms with E-state index < -0.39 is 10.0 Å². The van der Waals surface area contributed by atoms with Gasteiger partial charge in [-0.3, -0.25) is 4.79 Å². The van der Waals surface area contributed by atoms with Crippen molar-refractivity contribution in [1.29, 1.82) is 0 Å². The summed E-state index contributed by atoms with van der Waals surface area (Å²) >= 11 is 0. The Morgan fingerprint density at radius 2 is 1.97 bits per heavy atom. The molecule has 0 aliphatic carbocycles. The molecule has 0 spiro atoms. The van der Waals surface area contributed by atoms with Crippen molar-refractivity contribution >= 4 is 15.9 Å². The molecule has 0 saturated carbocycles. The van der Waals surface area contributed by atoms with Crippen molar-refractivity contribution in [1.82, 2.24) is 9.62 Å². The highest BCUT2D eigenvalue weighted by molar-refractivity contribution is 7.89. The minimum absolute atomic E-state index is 0.0132. The van der Waals surface area contributed by atoms with Crippen molar-refractivity contribution in [2.24, 2.45) is 0 Å². The van der Waals surface area contributed by atoms with E-state index in [1.807, 2.05) is 31.2 Å². The molecule has 7 heteroatoms. The van der Waals surface area contributed by atoms with Gasteiger partial charge in [0.1, 0.15) is 0 Å². The molecule has 1 N–H and O–H groups in total. The Bertz CT molecular complexity index is 999. The summed E-state index contributed by atoms with van der Waals surface area (Å²) in [6, 6.07) is 14.1. The molecule has 29 heavy (non-hydrogen) atoms. The highest BCUT2D eigenvalue weighted by Gasteiger charge is 2.29. The van der Waals surface area contributed by atoms with E-state index in [-0.39, 0.29) is 22.9 Å². The van der Waals surface area contributed by atoms with E-state index >= 15 is 0 Å². The van der Waals surface area contributed by atoms with Crippen LogP contribution < -0.4 is 5.32 Å². The van der Waals surface area contributed by atoms with E-state index in [1.54, 1.807) is 18.2 Å². The number of rotatable bonds is 5. The minimum atomic E-state index is -3.68. The van der Waals surface area contributed by atoms with Gasteiger partial charge in [0, 0.05) is 25.3 Å². The lowest BCUT2D eigenvalue weighted by Gasteiger charge is -2.28. The molecule has 1 amide bonds. The molecule has 1 saturated heterocycles. The van der Waals surface area contributed by atoms with E-state index in [0.717, 1.165) is 25.0 Å². The lowest BCUT2D eigenvalue weighted by molar-refractivity contribution is 0.0712. The van der Waals surface area contributed by atoms with E-state index in [4.69, 9.17) is 4.74 Å². The molecule has 2 atom stereocenters. The Morgan fingerprint density at radius 1 is 1.17 bits per heavy atom. The normalized spacial score (nSPS) is 20.8. The molecule has 0 aromatic heterocycles. The van der Waals surface area contributed by atoms with Crippen LogP contribution >= 0.6 is 0 Å². The number of amides is 1. The minimum Gasteiger partial charge on any atom is -0.376 e. The summed E-state index contributed by atoms with van der Waals surface area (Å²) in [6.45, 7) is 3.42. The van der Waals surface area contributed by atoms with Gasteiger partial charge in [-0.1, -0.05) is 30.3 Å². The van der Waals surface area contributed by atoms with Crippen molar-refractivity contribution in [3.05, 3.63) is 65.2 Å². The van der Waals surface area contributed by atoms with Gasteiger partial charge in [0.05, 0.1) is 17.0 Å². The summed E-state index contributed by atoms with van der Waals surface area (Å²) < 4.78 is 33.5. The second kappa shape index (κ2) is 8.26. The van der Waals surface area contributed by atoms with E-state index in [0.29, 0.717) is 25.1 Å². The zero-order valence-corrected chi connectivity index (χ0v) is 17.3. The molecular weight excluding hydrogens is 388 g/mol. The first kappa shape index (κ1) is 20.1. The molecular formula is C22H26N2O4S. The number of hydrogen-bond acceptors (Lipinski definition) is 4. The zero-order chi connectivity index (χ0) is 20.4. The maximum absolute atomic E-state index is 13.2. The third kappa shape index (κ3) is 4.22. The fraction of sp³-hybridized carbons (Fsp3) is 0.409. The second-order valence-electron chi connectivity index (χ2n) is 7.70. The lowest BCUT2D eigenvalue weighted by atomic mass is 10.0. The van der Waals surface area contributed by atoms with Crippen LogP contribution in [-0.4, -0.2) is 43.9 Å². The number of hydrogen-bond donors (Lipinski definition) is 1. The average Bonchev–Trinajstić information content (AvgIpc) is 3.28. The monoisotopic (exact) mass is 414 g/mol. The number of nitrogens with one attached hydrogen (secondary N) is 1. The summed E-state index contributed by atoms with van der Waals surface area (Å²) in [5.41, 5.74) is 2.56. The molecule has 2 aromatic carbocycles. The van der Waals surface area contributed by atoms with Gasteiger partial charge in [0.25, 0.3) is 5.91 Å². The van der Waals surface area contributed by atoms with Gasteiger partial charge in [-0.05, 0) is 55.5 Å². The zero-order valence-electron chi connectivity index (χ0n) is 16.5. The number of benzene rings is 2. The molecule has 2 aliphatic heterocycles. The Hall–Kier alpha value is -2.22. The van der Waals surface area contributed by atoms with Crippen molar-refractivity contribution in [3.63, 3.8) is 0 Å². The first-order chi connectivity index (χ1) is 13.9. The highest BCUT2D eigenvalue weighted by Crippen LogP contribution is 2.25. The molecule has 1 fully saturated rings. The first-order valence-corrected chi connectivity index (χ1v) is 11.5. The molecule has 2 aliphatic rings. The largest absolute Gasteiger partial charge is 0.376 e. The maximum atomic E-state index is 13.2. The van der Waals surface area contributed by atoms with Crippen molar-refractivity contribution in [2.75, 3.05) is 13.2 Å². The Morgan fingerprint density at radius 3 is 2.72 bits per heavy atom. The molecule has 2 aromatic rings. The fourth-order valence-electron chi connectivity index (χ4n) is 4.00. The summed E-state index contributed by atoms with van der Waals surface area (Å²) in [7, 11) is -3.68.